The number of aromatic nitrogens is 2. The molecule has 0 atom stereocenters. The standard InChI is InChI=1S/C11H11BrClN3O2/c1-17-7-2-3-8(12)9(6-7)14-11-16-15-10(18-11)4-5-13/h2-3,6H,4-5H2,1H3,(H,14,16). The maximum absolute atomic E-state index is 5.60. The van der Waals surface area contributed by atoms with E-state index in [9.17, 15) is 0 Å². The molecule has 2 rings (SSSR count). The number of benzene rings is 1. The molecule has 0 amide bonds. The number of aryl methyl sites for hydroxylation is 1. The largest absolute Gasteiger partial charge is 0.497 e. The fraction of sp³-hybridized carbons (Fsp3) is 0.273. The zero-order chi connectivity index (χ0) is 13.0. The van der Waals surface area contributed by atoms with Crippen LogP contribution in [-0.4, -0.2) is 23.2 Å². The van der Waals surface area contributed by atoms with Crippen molar-refractivity contribution in [3.05, 3.63) is 28.6 Å². The van der Waals surface area contributed by atoms with Gasteiger partial charge >= 0.3 is 6.01 Å². The molecular weight excluding hydrogens is 321 g/mol. The molecule has 0 saturated heterocycles. The number of hydrogen-bond donors (Lipinski definition) is 1. The van der Waals surface area contributed by atoms with Crippen LogP contribution in [0.3, 0.4) is 0 Å². The van der Waals surface area contributed by atoms with Gasteiger partial charge in [-0.15, -0.1) is 16.7 Å². The maximum atomic E-state index is 5.60. The second-order valence-corrected chi connectivity index (χ2v) is 4.64. The van der Waals surface area contributed by atoms with E-state index in [4.69, 9.17) is 20.8 Å². The van der Waals surface area contributed by atoms with Crippen molar-refractivity contribution in [2.45, 2.75) is 6.42 Å². The molecule has 2 aromatic rings. The van der Waals surface area contributed by atoms with Crippen LogP contribution < -0.4 is 10.1 Å². The Morgan fingerprint density at radius 2 is 2.28 bits per heavy atom. The molecule has 7 heteroatoms. The predicted octanol–water partition coefficient (Wildman–Crippen LogP) is 3.37. The minimum absolute atomic E-state index is 0.323. The lowest BCUT2D eigenvalue weighted by Gasteiger charge is -2.06. The Labute approximate surface area is 118 Å². The number of alkyl halides is 1. The van der Waals surface area contributed by atoms with Gasteiger partial charge in [0, 0.05) is 22.8 Å². The first-order valence-corrected chi connectivity index (χ1v) is 6.54. The molecule has 0 unspecified atom stereocenters. The number of rotatable bonds is 5. The molecule has 96 valence electrons. The second kappa shape index (κ2) is 6.06. The molecule has 1 heterocycles. The molecule has 18 heavy (non-hydrogen) atoms. The van der Waals surface area contributed by atoms with E-state index in [1.807, 2.05) is 18.2 Å². The smallest absolute Gasteiger partial charge is 0.320 e. The summed E-state index contributed by atoms with van der Waals surface area (Å²) in [5.74, 6) is 1.69. The Morgan fingerprint density at radius 1 is 1.44 bits per heavy atom. The van der Waals surface area contributed by atoms with Gasteiger partial charge in [0.25, 0.3) is 0 Å². The van der Waals surface area contributed by atoms with E-state index < -0.39 is 0 Å². The number of hydrogen-bond acceptors (Lipinski definition) is 5. The minimum atomic E-state index is 0.323. The molecule has 0 bridgehead atoms. The van der Waals surface area contributed by atoms with Crippen molar-refractivity contribution in [1.29, 1.82) is 0 Å². The Kier molecular flexibility index (Phi) is 4.43. The van der Waals surface area contributed by atoms with E-state index in [1.165, 1.54) is 0 Å². The number of anilines is 2. The SMILES string of the molecule is COc1ccc(Br)c(Nc2nnc(CCCl)o2)c1. The molecule has 5 nitrogen and oxygen atoms in total. The normalized spacial score (nSPS) is 10.4. The van der Waals surface area contributed by atoms with Crippen molar-refractivity contribution >= 4 is 39.2 Å². The summed E-state index contributed by atoms with van der Waals surface area (Å²) < 4.78 is 11.4. The molecule has 0 aliphatic carbocycles. The van der Waals surface area contributed by atoms with Crippen LogP contribution in [0.15, 0.2) is 27.1 Å². The first kappa shape index (κ1) is 13.2. The van der Waals surface area contributed by atoms with Gasteiger partial charge in [-0.2, -0.15) is 0 Å². The average molecular weight is 333 g/mol. The van der Waals surface area contributed by atoms with Crippen LogP contribution in [0, 0.1) is 0 Å². The highest BCUT2D eigenvalue weighted by Crippen LogP contribution is 2.29. The lowest BCUT2D eigenvalue weighted by atomic mass is 10.3. The van der Waals surface area contributed by atoms with Crippen LogP contribution in [0.2, 0.25) is 0 Å². The predicted molar refractivity (Wildman–Crippen MR) is 72.7 cm³/mol. The fourth-order valence-corrected chi connectivity index (χ4v) is 1.84. The van der Waals surface area contributed by atoms with Crippen LogP contribution >= 0.6 is 27.5 Å². The summed E-state index contributed by atoms with van der Waals surface area (Å²) in [6.45, 7) is 0. The molecule has 1 aromatic carbocycles. The molecular formula is C11H11BrClN3O2. The number of ether oxygens (including phenoxy) is 1. The topological polar surface area (TPSA) is 60.2 Å². The molecule has 0 fully saturated rings. The first-order chi connectivity index (χ1) is 8.72. The highest BCUT2D eigenvalue weighted by atomic mass is 79.9. The summed E-state index contributed by atoms with van der Waals surface area (Å²) in [6, 6.07) is 5.87. The molecule has 1 N–H and O–H groups in total. The highest BCUT2D eigenvalue weighted by molar-refractivity contribution is 9.10. The Hall–Kier alpha value is -1.27. The third kappa shape index (κ3) is 3.14. The number of halogens is 2. The highest BCUT2D eigenvalue weighted by Gasteiger charge is 2.08. The van der Waals surface area contributed by atoms with Crippen LogP contribution in [0.4, 0.5) is 11.7 Å². The van der Waals surface area contributed by atoms with Gasteiger partial charge in [0.05, 0.1) is 12.8 Å². The van der Waals surface area contributed by atoms with Crippen molar-refractivity contribution < 1.29 is 9.15 Å². The van der Waals surface area contributed by atoms with Gasteiger partial charge < -0.3 is 14.5 Å². The van der Waals surface area contributed by atoms with Crippen molar-refractivity contribution in [3.63, 3.8) is 0 Å². The number of nitrogens with zero attached hydrogens (tertiary/aromatic N) is 2. The van der Waals surface area contributed by atoms with E-state index in [-0.39, 0.29) is 0 Å². The lowest BCUT2D eigenvalue weighted by Crippen LogP contribution is -1.93. The van der Waals surface area contributed by atoms with E-state index >= 15 is 0 Å². The lowest BCUT2D eigenvalue weighted by molar-refractivity contribution is 0.415. The van der Waals surface area contributed by atoms with Crippen LogP contribution in [0.5, 0.6) is 5.75 Å². The van der Waals surface area contributed by atoms with Crippen molar-refractivity contribution in [3.8, 4) is 5.75 Å². The van der Waals surface area contributed by atoms with Crippen LogP contribution in [0.25, 0.3) is 0 Å². The van der Waals surface area contributed by atoms with E-state index in [2.05, 4.69) is 31.4 Å². The second-order valence-electron chi connectivity index (χ2n) is 3.41. The Balaban J connectivity index is 2.16. The zero-order valence-electron chi connectivity index (χ0n) is 9.61. The molecule has 0 saturated carbocycles. The summed E-state index contributed by atoms with van der Waals surface area (Å²) in [6.07, 6.45) is 0.551. The van der Waals surface area contributed by atoms with Gasteiger partial charge in [0.15, 0.2) is 0 Å². The number of methoxy groups -OCH3 is 1. The summed E-state index contributed by atoms with van der Waals surface area (Å²) in [5.41, 5.74) is 0.787. The summed E-state index contributed by atoms with van der Waals surface area (Å²) >= 11 is 9.02. The Morgan fingerprint density at radius 3 is 3.00 bits per heavy atom. The van der Waals surface area contributed by atoms with E-state index in [1.54, 1.807) is 7.11 Å². The molecule has 1 aromatic heterocycles. The average Bonchev–Trinajstić information content (AvgIpc) is 2.80. The minimum Gasteiger partial charge on any atom is -0.497 e. The molecule has 0 aliphatic rings. The number of nitrogens with one attached hydrogen (secondary N) is 1. The van der Waals surface area contributed by atoms with Gasteiger partial charge in [-0.25, -0.2) is 0 Å². The van der Waals surface area contributed by atoms with Crippen molar-refractivity contribution in [2.75, 3.05) is 18.3 Å². The van der Waals surface area contributed by atoms with Gasteiger partial charge in [-0.1, -0.05) is 5.10 Å². The van der Waals surface area contributed by atoms with Gasteiger partial charge in [-0.05, 0) is 28.1 Å². The Bertz CT molecular complexity index is 533. The molecule has 0 spiro atoms. The maximum Gasteiger partial charge on any atom is 0.320 e. The third-order valence-electron chi connectivity index (χ3n) is 2.19. The molecule has 0 aliphatic heterocycles. The van der Waals surface area contributed by atoms with Crippen molar-refractivity contribution in [1.82, 2.24) is 10.2 Å². The van der Waals surface area contributed by atoms with Gasteiger partial charge in [-0.3, -0.25) is 0 Å². The van der Waals surface area contributed by atoms with Gasteiger partial charge in [0.1, 0.15) is 5.75 Å². The summed E-state index contributed by atoms with van der Waals surface area (Å²) in [4.78, 5) is 0. The first-order valence-electron chi connectivity index (χ1n) is 5.22. The summed E-state index contributed by atoms with van der Waals surface area (Å²) in [7, 11) is 1.61. The van der Waals surface area contributed by atoms with E-state index in [0.717, 1.165) is 15.9 Å². The fourth-order valence-electron chi connectivity index (χ4n) is 1.33. The summed E-state index contributed by atoms with van der Waals surface area (Å²) in [5, 5.41) is 10.8. The van der Waals surface area contributed by atoms with Crippen LogP contribution in [-0.2, 0) is 6.42 Å². The molecule has 0 radical (unpaired) electrons. The zero-order valence-corrected chi connectivity index (χ0v) is 12.0. The van der Waals surface area contributed by atoms with Crippen LogP contribution in [0.1, 0.15) is 5.89 Å². The van der Waals surface area contributed by atoms with Crippen molar-refractivity contribution in [2.24, 2.45) is 0 Å². The van der Waals surface area contributed by atoms with E-state index in [0.29, 0.717) is 24.2 Å². The monoisotopic (exact) mass is 331 g/mol. The third-order valence-corrected chi connectivity index (χ3v) is 3.07. The quantitative estimate of drug-likeness (QED) is 0.851. The van der Waals surface area contributed by atoms with Gasteiger partial charge in [0.2, 0.25) is 5.89 Å².